The second-order valence-corrected chi connectivity index (χ2v) is 2.64. The number of hydrogen-bond donors (Lipinski definition) is 1. The van der Waals surface area contributed by atoms with Crippen LogP contribution in [0.15, 0.2) is 0 Å². The molecule has 0 aromatic heterocycles. The summed E-state index contributed by atoms with van der Waals surface area (Å²) in [6.45, 7) is 1.39. The number of rotatable bonds is 0. The van der Waals surface area contributed by atoms with Gasteiger partial charge in [-0.1, -0.05) is 0 Å². The Hall–Kier alpha value is -0.640. The van der Waals surface area contributed by atoms with Crippen LogP contribution >= 0.6 is 0 Å². The number of carbonyl (C=O) groups is 1. The van der Waals surface area contributed by atoms with Gasteiger partial charge < -0.3 is 9.84 Å². The van der Waals surface area contributed by atoms with Gasteiger partial charge in [-0.15, -0.1) is 0 Å². The number of ether oxygens (including phenoxy) is 1. The van der Waals surface area contributed by atoms with E-state index in [2.05, 4.69) is 4.74 Å². The first-order valence-electron chi connectivity index (χ1n) is 3.07. The van der Waals surface area contributed by atoms with Gasteiger partial charge in [0.05, 0.1) is 6.61 Å². The third-order valence-electron chi connectivity index (χ3n) is 1.61. The fraction of sp³-hybridized carbons (Fsp3) is 0.833. The highest BCUT2D eigenvalue weighted by atomic mass is 19.1. The lowest BCUT2D eigenvalue weighted by Crippen LogP contribution is -2.47. The normalized spacial score (nSPS) is 41.1. The van der Waals surface area contributed by atoms with Crippen molar-refractivity contribution in [2.45, 2.75) is 25.1 Å². The Bertz CT molecular complexity index is 155. The minimum Gasteiger partial charge on any atom is -0.463 e. The molecule has 1 aliphatic heterocycles. The number of halogens is 1. The number of cyclic esters (lactones) is 1. The molecule has 0 bridgehead atoms. The highest BCUT2D eigenvalue weighted by Crippen LogP contribution is 2.23. The minimum absolute atomic E-state index is 0.103. The van der Waals surface area contributed by atoms with Gasteiger partial charge in [0.25, 0.3) is 0 Å². The van der Waals surface area contributed by atoms with E-state index in [4.69, 9.17) is 5.11 Å². The van der Waals surface area contributed by atoms with Gasteiger partial charge in [-0.25, -0.2) is 9.18 Å². The summed E-state index contributed by atoms with van der Waals surface area (Å²) >= 11 is 0. The van der Waals surface area contributed by atoms with Crippen molar-refractivity contribution >= 4 is 5.97 Å². The van der Waals surface area contributed by atoms with Crippen LogP contribution in [-0.2, 0) is 9.53 Å². The molecule has 4 heteroatoms. The predicted molar refractivity (Wildman–Crippen MR) is 31.1 cm³/mol. The summed E-state index contributed by atoms with van der Waals surface area (Å²) in [6.07, 6.45) is -1.72. The van der Waals surface area contributed by atoms with Crippen molar-refractivity contribution in [3.05, 3.63) is 0 Å². The Balaban J connectivity index is 2.69. The van der Waals surface area contributed by atoms with Crippen molar-refractivity contribution in [2.75, 3.05) is 6.61 Å². The maximum atomic E-state index is 12.6. The SMILES string of the molecule is CC1(O)CCOC(=O)C1F. The molecule has 0 spiro atoms. The Labute approximate surface area is 57.8 Å². The van der Waals surface area contributed by atoms with E-state index in [0.29, 0.717) is 0 Å². The van der Waals surface area contributed by atoms with Crippen LogP contribution in [0.25, 0.3) is 0 Å². The largest absolute Gasteiger partial charge is 0.463 e. The van der Waals surface area contributed by atoms with E-state index in [1.165, 1.54) is 6.92 Å². The van der Waals surface area contributed by atoms with E-state index in [0.717, 1.165) is 0 Å². The second kappa shape index (κ2) is 2.20. The van der Waals surface area contributed by atoms with Gasteiger partial charge in [-0.2, -0.15) is 0 Å². The molecule has 0 aliphatic carbocycles. The Morgan fingerprint density at radius 3 is 2.90 bits per heavy atom. The molecule has 10 heavy (non-hydrogen) atoms. The summed E-state index contributed by atoms with van der Waals surface area (Å²) in [6, 6.07) is 0. The Morgan fingerprint density at radius 1 is 1.90 bits per heavy atom. The highest BCUT2D eigenvalue weighted by molar-refractivity contribution is 5.76. The molecule has 3 nitrogen and oxygen atoms in total. The van der Waals surface area contributed by atoms with E-state index in [9.17, 15) is 9.18 Å². The molecule has 1 fully saturated rings. The fourth-order valence-corrected chi connectivity index (χ4v) is 0.812. The molecule has 0 saturated carbocycles. The average Bonchev–Trinajstić information content (AvgIpc) is 1.83. The molecule has 2 unspecified atom stereocenters. The van der Waals surface area contributed by atoms with Crippen LogP contribution in [0.1, 0.15) is 13.3 Å². The Kier molecular flexibility index (Phi) is 1.64. The Morgan fingerprint density at radius 2 is 2.50 bits per heavy atom. The number of alkyl halides is 1. The van der Waals surface area contributed by atoms with Gasteiger partial charge in [-0.3, -0.25) is 0 Å². The standard InChI is InChI=1S/C6H9FO3/c1-6(9)2-3-10-5(8)4(6)7/h4,9H,2-3H2,1H3. The van der Waals surface area contributed by atoms with Crippen molar-refractivity contribution in [1.82, 2.24) is 0 Å². The van der Waals surface area contributed by atoms with Crippen LogP contribution in [0.3, 0.4) is 0 Å². The van der Waals surface area contributed by atoms with Gasteiger partial charge in [0.15, 0.2) is 0 Å². The third-order valence-corrected chi connectivity index (χ3v) is 1.61. The lowest BCUT2D eigenvalue weighted by atomic mass is 9.95. The van der Waals surface area contributed by atoms with Crippen LogP contribution < -0.4 is 0 Å². The van der Waals surface area contributed by atoms with Crippen LogP contribution in [0, 0.1) is 0 Å². The van der Waals surface area contributed by atoms with E-state index < -0.39 is 17.7 Å². The van der Waals surface area contributed by atoms with Crippen LogP contribution in [0.2, 0.25) is 0 Å². The predicted octanol–water partition coefficient (Wildman–Crippen LogP) is 0.0224. The number of esters is 1. The van der Waals surface area contributed by atoms with Crippen LogP contribution in [-0.4, -0.2) is 29.5 Å². The first kappa shape index (κ1) is 7.47. The molecule has 1 saturated heterocycles. The maximum Gasteiger partial charge on any atom is 0.343 e. The number of carbonyl (C=O) groups excluding carboxylic acids is 1. The zero-order chi connectivity index (χ0) is 7.78. The maximum absolute atomic E-state index is 12.6. The molecule has 1 heterocycles. The molecular weight excluding hydrogens is 139 g/mol. The molecule has 0 amide bonds. The van der Waals surface area contributed by atoms with Crippen molar-refractivity contribution < 1.29 is 19.0 Å². The molecule has 0 aromatic rings. The topological polar surface area (TPSA) is 46.5 Å². The number of aliphatic hydroxyl groups is 1. The zero-order valence-electron chi connectivity index (χ0n) is 5.63. The van der Waals surface area contributed by atoms with Gasteiger partial charge in [-0.05, 0) is 6.92 Å². The fourth-order valence-electron chi connectivity index (χ4n) is 0.812. The smallest absolute Gasteiger partial charge is 0.343 e. The summed E-state index contributed by atoms with van der Waals surface area (Å²) in [5.74, 6) is -0.962. The molecule has 1 N–H and O–H groups in total. The van der Waals surface area contributed by atoms with Crippen LogP contribution in [0.5, 0.6) is 0 Å². The summed E-state index contributed by atoms with van der Waals surface area (Å²) in [5.41, 5.74) is -1.53. The lowest BCUT2D eigenvalue weighted by molar-refractivity contribution is -0.173. The summed E-state index contributed by atoms with van der Waals surface area (Å²) < 4.78 is 17.0. The van der Waals surface area contributed by atoms with E-state index in [1.807, 2.05) is 0 Å². The van der Waals surface area contributed by atoms with Crippen molar-refractivity contribution in [3.8, 4) is 0 Å². The van der Waals surface area contributed by atoms with Crippen molar-refractivity contribution in [2.24, 2.45) is 0 Å². The third kappa shape index (κ3) is 1.11. The van der Waals surface area contributed by atoms with E-state index >= 15 is 0 Å². The monoisotopic (exact) mass is 148 g/mol. The molecule has 0 radical (unpaired) electrons. The molecule has 1 aliphatic rings. The van der Waals surface area contributed by atoms with Crippen molar-refractivity contribution in [1.29, 1.82) is 0 Å². The molecule has 1 rings (SSSR count). The molecule has 2 atom stereocenters. The minimum atomic E-state index is -1.89. The zero-order valence-corrected chi connectivity index (χ0v) is 5.63. The van der Waals surface area contributed by atoms with Crippen LogP contribution in [0.4, 0.5) is 4.39 Å². The number of hydrogen-bond acceptors (Lipinski definition) is 3. The summed E-state index contributed by atoms with van der Waals surface area (Å²) in [4.78, 5) is 10.5. The van der Waals surface area contributed by atoms with Gasteiger partial charge in [0.2, 0.25) is 6.17 Å². The summed E-state index contributed by atoms with van der Waals surface area (Å²) in [7, 11) is 0. The summed E-state index contributed by atoms with van der Waals surface area (Å²) in [5, 5.41) is 9.14. The van der Waals surface area contributed by atoms with E-state index in [1.54, 1.807) is 0 Å². The molecular formula is C6H9FO3. The molecule has 58 valence electrons. The van der Waals surface area contributed by atoms with E-state index in [-0.39, 0.29) is 13.0 Å². The van der Waals surface area contributed by atoms with Gasteiger partial charge in [0.1, 0.15) is 5.60 Å². The molecule has 0 aromatic carbocycles. The second-order valence-electron chi connectivity index (χ2n) is 2.64. The first-order chi connectivity index (χ1) is 4.54. The highest BCUT2D eigenvalue weighted by Gasteiger charge is 2.42. The first-order valence-corrected chi connectivity index (χ1v) is 3.07. The van der Waals surface area contributed by atoms with Gasteiger partial charge in [0, 0.05) is 6.42 Å². The van der Waals surface area contributed by atoms with Gasteiger partial charge >= 0.3 is 5.97 Å². The lowest BCUT2D eigenvalue weighted by Gasteiger charge is -2.29. The quantitative estimate of drug-likeness (QED) is 0.493. The van der Waals surface area contributed by atoms with Crippen molar-refractivity contribution in [3.63, 3.8) is 0 Å². The average molecular weight is 148 g/mol.